The van der Waals surface area contributed by atoms with Crippen LogP contribution < -0.4 is 11.1 Å². The lowest BCUT2D eigenvalue weighted by atomic mass is 10.1. The molecule has 0 radical (unpaired) electrons. The molecular formula is C11H13Cl3N2O. The zero-order valence-corrected chi connectivity index (χ0v) is 11.7. The highest BCUT2D eigenvalue weighted by Crippen LogP contribution is 2.32. The Morgan fingerprint density at radius 2 is 1.71 bits per heavy atom. The maximum Gasteiger partial charge on any atom is 0.241 e. The molecule has 0 aromatic heterocycles. The van der Waals surface area contributed by atoms with E-state index in [9.17, 15) is 4.79 Å². The van der Waals surface area contributed by atoms with Crippen LogP contribution in [0.2, 0.25) is 15.1 Å². The van der Waals surface area contributed by atoms with E-state index in [0.29, 0.717) is 20.8 Å². The highest BCUT2D eigenvalue weighted by atomic mass is 35.5. The van der Waals surface area contributed by atoms with Gasteiger partial charge in [0, 0.05) is 0 Å². The van der Waals surface area contributed by atoms with Crippen LogP contribution in [0.15, 0.2) is 12.1 Å². The first kappa shape index (κ1) is 14.6. The number of nitrogens with two attached hydrogens (primary N) is 1. The third kappa shape index (κ3) is 3.75. The van der Waals surface area contributed by atoms with Gasteiger partial charge in [0.25, 0.3) is 0 Å². The van der Waals surface area contributed by atoms with Crippen LogP contribution in [0.5, 0.6) is 0 Å². The van der Waals surface area contributed by atoms with E-state index in [2.05, 4.69) is 5.32 Å². The monoisotopic (exact) mass is 294 g/mol. The minimum absolute atomic E-state index is 0.0385. The minimum atomic E-state index is -0.597. The van der Waals surface area contributed by atoms with E-state index in [1.54, 1.807) is 0 Å². The molecule has 0 aliphatic heterocycles. The van der Waals surface area contributed by atoms with Crippen molar-refractivity contribution in [2.24, 2.45) is 11.7 Å². The summed E-state index contributed by atoms with van der Waals surface area (Å²) in [5, 5.41) is 3.60. The third-order valence-corrected chi connectivity index (χ3v) is 3.32. The van der Waals surface area contributed by atoms with E-state index >= 15 is 0 Å². The molecule has 1 rings (SSSR count). The maximum atomic E-state index is 11.7. The predicted molar refractivity (Wildman–Crippen MR) is 72.9 cm³/mol. The normalized spacial score (nSPS) is 12.6. The number of amides is 1. The number of anilines is 1. The Kier molecular flexibility index (Phi) is 5.07. The molecule has 0 heterocycles. The fourth-order valence-electron chi connectivity index (χ4n) is 1.14. The van der Waals surface area contributed by atoms with E-state index in [-0.39, 0.29) is 11.8 Å². The summed E-state index contributed by atoms with van der Waals surface area (Å²) in [6.45, 7) is 3.72. The molecule has 1 aromatic carbocycles. The van der Waals surface area contributed by atoms with Crippen molar-refractivity contribution < 1.29 is 4.79 Å². The van der Waals surface area contributed by atoms with Crippen molar-refractivity contribution in [3.05, 3.63) is 27.2 Å². The van der Waals surface area contributed by atoms with E-state index in [1.165, 1.54) is 12.1 Å². The van der Waals surface area contributed by atoms with Gasteiger partial charge in [-0.2, -0.15) is 0 Å². The van der Waals surface area contributed by atoms with Crippen LogP contribution in [0.4, 0.5) is 5.69 Å². The highest BCUT2D eigenvalue weighted by Gasteiger charge is 2.18. The summed E-state index contributed by atoms with van der Waals surface area (Å²) in [6, 6.07) is 2.37. The van der Waals surface area contributed by atoms with Gasteiger partial charge in [0.1, 0.15) is 0 Å². The molecule has 3 N–H and O–H groups in total. The van der Waals surface area contributed by atoms with Crippen LogP contribution in [-0.4, -0.2) is 11.9 Å². The lowest BCUT2D eigenvalue weighted by Gasteiger charge is -2.16. The fourth-order valence-corrected chi connectivity index (χ4v) is 1.73. The Morgan fingerprint density at radius 3 is 2.24 bits per heavy atom. The van der Waals surface area contributed by atoms with Gasteiger partial charge in [-0.15, -0.1) is 0 Å². The summed E-state index contributed by atoms with van der Waals surface area (Å²) in [5.74, 6) is -0.267. The third-order valence-electron chi connectivity index (χ3n) is 2.29. The number of halogens is 3. The van der Waals surface area contributed by atoms with Crippen LogP contribution in [0.3, 0.4) is 0 Å². The quantitative estimate of drug-likeness (QED) is 0.838. The van der Waals surface area contributed by atoms with Crippen molar-refractivity contribution in [1.29, 1.82) is 0 Å². The van der Waals surface area contributed by atoms with Crippen molar-refractivity contribution >= 4 is 46.4 Å². The van der Waals surface area contributed by atoms with Gasteiger partial charge in [-0.3, -0.25) is 4.79 Å². The number of benzene rings is 1. The zero-order valence-electron chi connectivity index (χ0n) is 9.43. The number of rotatable bonds is 3. The Bertz CT molecular complexity index is 435. The Labute approximate surface area is 115 Å². The smallest absolute Gasteiger partial charge is 0.241 e. The van der Waals surface area contributed by atoms with E-state index in [0.717, 1.165) is 0 Å². The Balaban J connectivity index is 2.89. The maximum absolute atomic E-state index is 11.7. The number of carbonyl (C=O) groups excluding carboxylic acids is 1. The molecule has 1 aromatic rings. The first-order valence-corrected chi connectivity index (χ1v) is 6.17. The number of nitrogens with one attached hydrogen (secondary N) is 1. The first-order chi connectivity index (χ1) is 7.82. The van der Waals surface area contributed by atoms with Gasteiger partial charge >= 0.3 is 0 Å². The van der Waals surface area contributed by atoms with Gasteiger partial charge in [-0.1, -0.05) is 48.7 Å². The summed E-state index contributed by atoms with van der Waals surface area (Å²) < 4.78 is 0. The molecule has 0 bridgehead atoms. The SMILES string of the molecule is CC(C)[C@H](N)C(=O)Nc1cc(Cl)c(Cl)cc1Cl. The number of hydrogen-bond acceptors (Lipinski definition) is 2. The molecule has 0 saturated carbocycles. The van der Waals surface area contributed by atoms with Gasteiger partial charge in [-0.25, -0.2) is 0 Å². The molecule has 0 aliphatic rings. The lowest BCUT2D eigenvalue weighted by molar-refractivity contribution is -0.118. The first-order valence-electron chi connectivity index (χ1n) is 5.04. The largest absolute Gasteiger partial charge is 0.323 e. The van der Waals surface area contributed by atoms with Crippen molar-refractivity contribution in [3.63, 3.8) is 0 Å². The van der Waals surface area contributed by atoms with Crippen molar-refractivity contribution in [1.82, 2.24) is 0 Å². The molecule has 1 amide bonds. The standard InChI is InChI=1S/C11H13Cl3N2O/c1-5(2)10(15)11(17)16-9-4-7(13)6(12)3-8(9)14/h3-5,10H,15H2,1-2H3,(H,16,17)/t10-/m0/s1. The average Bonchev–Trinajstić information content (AvgIpc) is 2.24. The summed E-state index contributed by atoms with van der Waals surface area (Å²) in [6.07, 6.45) is 0. The molecule has 0 saturated heterocycles. The van der Waals surface area contributed by atoms with Crippen LogP contribution in [0.25, 0.3) is 0 Å². The van der Waals surface area contributed by atoms with E-state index in [1.807, 2.05) is 13.8 Å². The van der Waals surface area contributed by atoms with Gasteiger partial charge in [0.15, 0.2) is 0 Å². The molecule has 94 valence electrons. The second-order valence-electron chi connectivity index (χ2n) is 4.01. The van der Waals surface area contributed by atoms with Crippen molar-refractivity contribution in [2.45, 2.75) is 19.9 Å². The molecule has 0 spiro atoms. The average molecular weight is 296 g/mol. The molecule has 0 unspecified atom stereocenters. The van der Waals surface area contributed by atoms with Crippen LogP contribution >= 0.6 is 34.8 Å². The van der Waals surface area contributed by atoms with Crippen LogP contribution in [0, 0.1) is 5.92 Å². The topological polar surface area (TPSA) is 55.1 Å². The molecule has 0 aliphatic carbocycles. The van der Waals surface area contributed by atoms with Gasteiger partial charge in [0.05, 0.1) is 26.8 Å². The Hall–Kier alpha value is -0.480. The molecule has 3 nitrogen and oxygen atoms in total. The molecule has 6 heteroatoms. The van der Waals surface area contributed by atoms with Gasteiger partial charge < -0.3 is 11.1 Å². The van der Waals surface area contributed by atoms with Crippen molar-refractivity contribution in [2.75, 3.05) is 5.32 Å². The van der Waals surface area contributed by atoms with Gasteiger partial charge in [0.2, 0.25) is 5.91 Å². The molecule has 17 heavy (non-hydrogen) atoms. The van der Waals surface area contributed by atoms with E-state index in [4.69, 9.17) is 40.5 Å². The summed E-state index contributed by atoms with van der Waals surface area (Å²) in [4.78, 5) is 11.7. The predicted octanol–water partition coefficient (Wildman–Crippen LogP) is 3.57. The number of hydrogen-bond donors (Lipinski definition) is 2. The highest BCUT2D eigenvalue weighted by molar-refractivity contribution is 6.44. The van der Waals surface area contributed by atoms with Crippen LogP contribution in [-0.2, 0) is 4.79 Å². The fraction of sp³-hybridized carbons (Fsp3) is 0.364. The minimum Gasteiger partial charge on any atom is -0.323 e. The molecule has 1 atom stereocenters. The van der Waals surface area contributed by atoms with Crippen molar-refractivity contribution in [3.8, 4) is 0 Å². The Morgan fingerprint density at radius 1 is 1.18 bits per heavy atom. The second-order valence-corrected chi connectivity index (χ2v) is 5.23. The van der Waals surface area contributed by atoms with Gasteiger partial charge in [-0.05, 0) is 18.1 Å². The lowest BCUT2D eigenvalue weighted by Crippen LogP contribution is -2.39. The zero-order chi connectivity index (χ0) is 13.2. The second kappa shape index (κ2) is 5.91. The summed E-state index contributed by atoms with van der Waals surface area (Å²) in [5.41, 5.74) is 6.12. The van der Waals surface area contributed by atoms with E-state index < -0.39 is 6.04 Å². The molecule has 0 fully saturated rings. The molecular weight excluding hydrogens is 282 g/mol. The number of carbonyl (C=O) groups is 1. The van der Waals surface area contributed by atoms with Crippen LogP contribution in [0.1, 0.15) is 13.8 Å². The summed E-state index contributed by atoms with van der Waals surface area (Å²) >= 11 is 17.6. The summed E-state index contributed by atoms with van der Waals surface area (Å²) in [7, 11) is 0.